The third-order valence-corrected chi connectivity index (χ3v) is 3.76. The maximum Gasteiger partial charge on any atom is 0.305 e. The van der Waals surface area contributed by atoms with Crippen molar-refractivity contribution < 1.29 is 23.7 Å². The zero-order chi connectivity index (χ0) is 20.8. The summed E-state index contributed by atoms with van der Waals surface area (Å²) in [6.45, 7) is 0. The number of hydrogen-bond donors (Lipinski definition) is 3. The Labute approximate surface area is 163 Å². The SMILES string of the molecule is O=C(NNC(=O)c1ccco1)c1cccc(NC(=O)c2ccc([N+](=O)[O-])cc2)c1. The minimum absolute atomic E-state index is 0.0365. The molecule has 3 N–H and O–H groups in total. The number of anilines is 1. The van der Waals surface area contributed by atoms with Crippen LogP contribution in [0, 0.1) is 10.1 Å². The Kier molecular flexibility index (Phi) is 5.64. The number of rotatable bonds is 5. The number of nitrogens with one attached hydrogen (secondary N) is 3. The van der Waals surface area contributed by atoms with Gasteiger partial charge in [0.05, 0.1) is 11.2 Å². The summed E-state index contributed by atoms with van der Waals surface area (Å²) in [5, 5.41) is 13.3. The number of hydrazine groups is 1. The fourth-order valence-corrected chi connectivity index (χ4v) is 2.33. The number of amides is 3. The van der Waals surface area contributed by atoms with Gasteiger partial charge in [-0.15, -0.1) is 0 Å². The average molecular weight is 394 g/mol. The molecule has 3 aromatic rings. The van der Waals surface area contributed by atoms with E-state index in [1.807, 2.05) is 0 Å². The number of nitro groups is 1. The Hall–Kier alpha value is -4.47. The predicted octanol–water partition coefficient (Wildman–Crippen LogP) is 2.51. The van der Waals surface area contributed by atoms with Gasteiger partial charge in [-0.05, 0) is 42.5 Å². The second kappa shape index (κ2) is 8.48. The third kappa shape index (κ3) is 4.83. The molecule has 3 amide bonds. The summed E-state index contributed by atoms with van der Waals surface area (Å²) in [4.78, 5) is 46.3. The van der Waals surface area contributed by atoms with Crippen LogP contribution in [-0.2, 0) is 0 Å². The first-order valence-corrected chi connectivity index (χ1v) is 8.24. The molecule has 1 aromatic heterocycles. The molecule has 29 heavy (non-hydrogen) atoms. The summed E-state index contributed by atoms with van der Waals surface area (Å²) in [6, 6.07) is 14.1. The molecule has 3 rings (SSSR count). The van der Waals surface area contributed by atoms with Gasteiger partial charge in [-0.25, -0.2) is 0 Å². The quantitative estimate of drug-likeness (QED) is 0.448. The summed E-state index contributed by atoms with van der Waals surface area (Å²) in [5.74, 6) is -1.68. The van der Waals surface area contributed by atoms with Crippen molar-refractivity contribution in [3.63, 3.8) is 0 Å². The minimum Gasteiger partial charge on any atom is -0.459 e. The monoisotopic (exact) mass is 394 g/mol. The molecular weight excluding hydrogens is 380 g/mol. The van der Waals surface area contributed by atoms with E-state index in [0.717, 1.165) is 0 Å². The lowest BCUT2D eigenvalue weighted by Gasteiger charge is -2.09. The molecule has 10 heteroatoms. The smallest absolute Gasteiger partial charge is 0.305 e. The number of non-ortho nitro benzene ring substituents is 1. The first kappa shape index (κ1) is 19.3. The Morgan fingerprint density at radius 3 is 2.21 bits per heavy atom. The van der Waals surface area contributed by atoms with Crippen molar-refractivity contribution in [1.29, 1.82) is 0 Å². The number of benzene rings is 2. The van der Waals surface area contributed by atoms with Crippen molar-refractivity contribution in [3.05, 3.63) is 93.9 Å². The normalized spacial score (nSPS) is 10.1. The van der Waals surface area contributed by atoms with Crippen molar-refractivity contribution in [1.82, 2.24) is 10.9 Å². The van der Waals surface area contributed by atoms with Gasteiger partial charge in [0.25, 0.3) is 17.5 Å². The van der Waals surface area contributed by atoms with Gasteiger partial charge in [0, 0.05) is 28.9 Å². The van der Waals surface area contributed by atoms with E-state index in [-0.39, 0.29) is 22.6 Å². The highest BCUT2D eigenvalue weighted by Gasteiger charge is 2.13. The van der Waals surface area contributed by atoms with Gasteiger partial charge in [0.15, 0.2) is 5.76 Å². The van der Waals surface area contributed by atoms with Crippen LogP contribution in [-0.4, -0.2) is 22.6 Å². The van der Waals surface area contributed by atoms with Crippen LogP contribution in [0.2, 0.25) is 0 Å². The van der Waals surface area contributed by atoms with Crippen molar-refractivity contribution in [2.45, 2.75) is 0 Å². The van der Waals surface area contributed by atoms with Crippen molar-refractivity contribution in [2.75, 3.05) is 5.32 Å². The molecule has 2 aromatic carbocycles. The number of nitro benzene ring substituents is 1. The Bertz CT molecular complexity index is 1060. The number of furan rings is 1. The van der Waals surface area contributed by atoms with E-state index in [1.165, 1.54) is 54.8 Å². The highest BCUT2D eigenvalue weighted by molar-refractivity contribution is 6.05. The van der Waals surface area contributed by atoms with Crippen molar-refractivity contribution in [3.8, 4) is 0 Å². The van der Waals surface area contributed by atoms with E-state index in [2.05, 4.69) is 16.2 Å². The van der Waals surface area contributed by atoms with Gasteiger partial charge in [-0.2, -0.15) is 0 Å². The molecule has 0 spiro atoms. The lowest BCUT2D eigenvalue weighted by atomic mass is 10.1. The van der Waals surface area contributed by atoms with E-state index in [1.54, 1.807) is 12.1 Å². The fourth-order valence-electron chi connectivity index (χ4n) is 2.33. The van der Waals surface area contributed by atoms with Crippen LogP contribution in [0.15, 0.2) is 71.3 Å². The van der Waals surface area contributed by atoms with Crippen molar-refractivity contribution >= 4 is 29.1 Å². The summed E-state index contributed by atoms with van der Waals surface area (Å²) < 4.78 is 4.91. The maximum atomic E-state index is 12.3. The van der Waals surface area contributed by atoms with E-state index < -0.39 is 22.6 Å². The van der Waals surface area contributed by atoms with Gasteiger partial charge in [-0.1, -0.05) is 6.07 Å². The highest BCUT2D eigenvalue weighted by Crippen LogP contribution is 2.15. The molecule has 146 valence electrons. The Balaban J connectivity index is 1.62. The van der Waals surface area contributed by atoms with Crippen LogP contribution < -0.4 is 16.2 Å². The lowest BCUT2D eigenvalue weighted by molar-refractivity contribution is -0.384. The predicted molar refractivity (Wildman–Crippen MR) is 101 cm³/mol. The molecule has 0 aliphatic rings. The first-order valence-electron chi connectivity index (χ1n) is 8.24. The van der Waals surface area contributed by atoms with E-state index in [0.29, 0.717) is 5.69 Å². The summed E-state index contributed by atoms with van der Waals surface area (Å²) >= 11 is 0. The molecule has 0 atom stereocenters. The Morgan fingerprint density at radius 1 is 0.828 bits per heavy atom. The second-order valence-electron chi connectivity index (χ2n) is 5.72. The molecule has 0 unspecified atom stereocenters. The van der Waals surface area contributed by atoms with Gasteiger partial charge in [0.1, 0.15) is 0 Å². The van der Waals surface area contributed by atoms with Crippen LogP contribution in [0.25, 0.3) is 0 Å². The van der Waals surface area contributed by atoms with Gasteiger partial charge < -0.3 is 9.73 Å². The number of carbonyl (C=O) groups is 3. The van der Waals surface area contributed by atoms with Crippen LogP contribution >= 0.6 is 0 Å². The molecule has 0 saturated carbocycles. The minimum atomic E-state index is -0.619. The van der Waals surface area contributed by atoms with Crippen LogP contribution in [0.1, 0.15) is 31.3 Å². The van der Waals surface area contributed by atoms with E-state index in [9.17, 15) is 24.5 Å². The Morgan fingerprint density at radius 2 is 1.55 bits per heavy atom. The molecule has 0 fully saturated rings. The molecule has 0 saturated heterocycles. The molecule has 0 bridgehead atoms. The number of hydrogen-bond acceptors (Lipinski definition) is 6. The first-order chi connectivity index (χ1) is 13.9. The van der Waals surface area contributed by atoms with Crippen LogP contribution in [0.4, 0.5) is 11.4 Å². The average Bonchev–Trinajstić information content (AvgIpc) is 3.27. The fraction of sp³-hybridized carbons (Fsp3) is 0. The molecule has 0 aliphatic heterocycles. The molecule has 1 heterocycles. The topological polar surface area (TPSA) is 144 Å². The molecule has 0 aliphatic carbocycles. The molecular formula is C19H14N4O6. The van der Waals surface area contributed by atoms with Gasteiger partial charge >= 0.3 is 5.91 Å². The summed E-state index contributed by atoms with van der Waals surface area (Å²) in [6.07, 6.45) is 1.33. The third-order valence-electron chi connectivity index (χ3n) is 3.76. The summed E-state index contributed by atoms with van der Waals surface area (Å²) in [7, 11) is 0. The standard InChI is InChI=1S/C19H14N4O6/c24-17(12-6-8-15(9-7-12)23(27)28)20-14-4-1-3-13(11-14)18(25)21-22-19(26)16-5-2-10-29-16/h1-11H,(H,20,24)(H,21,25)(H,22,26). The maximum absolute atomic E-state index is 12.3. The van der Waals surface area contributed by atoms with E-state index in [4.69, 9.17) is 4.42 Å². The second-order valence-corrected chi connectivity index (χ2v) is 5.72. The largest absolute Gasteiger partial charge is 0.459 e. The van der Waals surface area contributed by atoms with Gasteiger partial charge in [-0.3, -0.25) is 35.3 Å². The summed E-state index contributed by atoms with van der Waals surface area (Å²) in [5.41, 5.74) is 5.06. The molecule has 10 nitrogen and oxygen atoms in total. The van der Waals surface area contributed by atoms with Crippen LogP contribution in [0.5, 0.6) is 0 Å². The number of nitrogens with zero attached hydrogens (tertiary/aromatic N) is 1. The highest BCUT2D eigenvalue weighted by atomic mass is 16.6. The zero-order valence-electron chi connectivity index (χ0n) is 14.7. The molecule has 0 radical (unpaired) electrons. The van der Waals surface area contributed by atoms with Crippen molar-refractivity contribution in [2.24, 2.45) is 0 Å². The van der Waals surface area contributed by atoms with E-state index >= 15 is 0 Å². The van der Waals surface area contributed by atoms with Gasteiger partial charge in [0.2, 0.25) is 0 Å². The lowest BCUT2D eigenvalue weighted by Crippen LogP contribution is -2.41. The van der Waals surface area contributed by atoms with Crippen LogP contribution in [0.3, 0.4) is 0 Å². The number of carbonyl (C=O) groups excluding carboxylic acids is 3. The zero-order valence-corrected chi connectivity index (χ0v) is 14.7.